The second-order valence-electron chi connectivity index (χ2n) is 6.99. The van der Waals surface area contributed by atoms with Crippen LogP contribution in [0.2, 0.25) is 0 Å². The van der Waals surface area contributed by atoms with Crippen molar-refractivity contribution in [1.29, 1.82) is 0 Å². The van der Waals surface area contributed by atoms with Crippen molar-refractivity contribution in [1.82, 2.24) is 14.6 Å². The SMILES string of the molecule is Cc1nc(NCc2cccc(C(F)(F)F)c2)c2cn(N3CCOCC3)c(=O)cc2n1. The molecule has 4 rings (SSSR count). The fraction of sp³-hybridized carbons (Fsp3) is 0.350. The maximum absolute atomic E-state index is 13.0. The van der Waals surface area contributed by atoms with E-state index in [9.17, 15) is 18.0 Å². The highest BCUT2D eigenvalue weighted by molar-refractivity contribution is 5.88. The lowest BCUT2D eigenvalue weighted by Crippen LogP contribution is -2.48. The largest absolute Gasteiger partial charge is 0.416 e. The number of rotatable bonds is 4. The van der Waals surface area contributed by atoms with Crippen molar-refractivity contribution < 1.29 is 17.9 Å². The van der Waals surface area contributed by atoms with Crippen LogP contribution in [0.5, 0.6) is 0 Å². The Morgan fingerprint density at radius 3 is 2.67 bits per heavy atom. The van der Waals surface area contributed by atoms with E-state index in [1.165, 1.54) is 16.8 Å². The van der Waals surface area contributed by atoms with Gasteiger partial charge in [-0.25, -0.2) is 14.6 Å². The van der Waals surface area contributed by atoms with Crippen LogP contribution in [0, 0.1) is 6.92 Å². The number of ether oxygens (including phenoxy) is 1. The molecule has 30 heavy (non-hydrogen) atoms. The van der Waals surface area contributed by atoms with Gasteiger partial charge in [0.2, 0.25) is 0 Å². The van der Waals surface area contributed by atoms with E-state index in [1.807, 2.05) is 5.01 Å². The fourth-order valence-electron chi connectivity index (χ4n) is 3.38. The number of halogens is 3. The molecule has 2 aromatic heterocycles. The maximum atomic E-state index is 13.0. The molecule has 0 radical (unpaired) electrons. The molecule has 0 saturated carbocycles. The van der Waals surface area contributed by atoms with Gasteiger partial charge in [0.1, 0.15) is 11.6 Å². The van der Waals surface area contributed by atoms with Crippen LogP contribution < -0.4 is 15.9 Å². The zero-order valence-corrected chi connectivity index (χ0v) is 16.2. The Balaban J connectivity index is 1.67. The number of morpholine rings is 1. The minimum Gasteiger partial charge on any atom is -0.378 e. The van der Waals surface area contributed by atoms with Gasteiger partial charge in [0, 0.05) is 18.8 Å². The Morgan fingerprint density at radius 2 is 1.93 bits per heavy atom. The quantitative estimate of drug-likeness (QED) is 0.701. The number of aryl methyl sites for hydroxylation is 1. The van der Waals surface area contributed by atoms with E-state index in [-0.39, 0.29) is 12.1 Å². The molecule has 3 heterocycles. The number of nitrogens with one attached hydrogen (secondary N) is 1. The van der Waals surface area contributed by atoms with Crippen LogP contribution >= 0.6 is 0 Å². The number of hydrogen-bond acceptors (Lipinski definition) is 6. The second-order valence-corrected chi connectivity index (χ2v) is 6.99. The van der Waals surface area contributed by atoms with Crippen molar-refractivity contribution in [2.75, 3.05) is 36.6 Å². The molecular formula is C20H20F3N5O2. The number of benzene rings is 1. The molecule has 1 saturated heterocycles. The minimum atomic E-state index is -4.40. The first-order valence-corrected chi connectivity index (χ1v) is 9.45. The third kappa shape index (κ3) is 4.23. The summed E-state index contributed by atoms with van der Waals surface area (Å²) in [6, 6.07) is 6.57. The Bertz CT molecular complexity index is 1120. The third-order valence-corrected chi connectivity index (χ3v) is 4.83. The molecule has 10 heteroatoms. The van der Waals surface area contributed by atoms with Crippen LogP contribution in [0.15, 0.2) is 41.3 Å². The van der Waals surface area contributed by atoms with Gasteiger partial charge in [0.05, 0.1) is 42.8 Å². The Kier molecular flexibility index (Phi) is 5.33. The molecule has 1 N–H and O–H groups in total. The topological polar surface area (TPSA) is 72.3 Å². The van der Waals surface area contributed by atoms with Crippen molar-refractivity contribution in [2.45, 2.75) is 19.6 Å². The van der Waals surface area contributed by atoms with Crippen LogP contribution in [-0.2, 0) is 17.5 Å². The molecule has 0 amide bonds. The van der Waals surface area contributed by atoms with E-state index in [4.69, 9.17) is 4.74 Å². The van der Waals surface area contributed by atoms with E-state index < -0.39 is 11.7 Å². The first kappa shape index (κ1) is 20.1. The average Bonchev–Trinajstić information content (AvgIpc) is 2.71. The van der Waals surface area contributed by atoms with Crippen LogP contribution in [0.25, 0.3) is 10.9 Å². The van der Waals surface area contributed by atoms with Crippen molar-refractivity contribution in [2.24, 2.45) is 0 Å². The number of pyridine rings is 1. The van der Waals surface area contributed by atoms with Gasteiger partial charge in [-0.3, -0.25) is 4.79 Å². The van der Waals surface area contributed by atoms with Crippen molar-refractivity contribution >= 4 is 16.7 Å². The molecular weight excluding hydrogens is 399 g/mol. The maximum Gasteiger partial charge on any atom is 0.416 e. The van der Waals surface area contributed by atoms with Gasteiger partial charge in [-0.05, 0) is 24.6 Å². The highest BCUT2D eigenvalue weighted by Gasteiger charge is 2.30. The van der Waals surface area contributed by atoms with Gasteiger partial charge in [-0.15, -0.1) is 0 Å². The van der Waals surface area contributed by atoms with Gasteiger partial charge in [0.15, 0.2) is 0 Å². The van der Waals surface area contributed by atoms with E-state index in [0.717, 1.165) is 12.1 Å². The summed E-state index contributed by atoms with van der Waals surface area (Å²) < 4.78 is 45.7. The number of hydrogen-bond donors (Lipinski definition) is 1. The zero-order valence-electron chi connectivity index (χ0n) is 16.2. The summed E-state index contributed by atoms with van der Waals surface area (Å²) >= 11 is 0. The summed E-state index contributed by atoms with van der Waals surface area (Å²) in [5.74, 6) is 0.912. The Morgan fingerprint density at radius 1 is 1.17 bits per heavy atom. The molecule has 1 fully saturated rings. The molecule has 1 aliphatic rings. The number of fused-ring (bicyclic) bond motifs is 1. The molecule has 0 spiro atoms. The third-order valence-electron chi connectivity index (χ3n) is 4.83. The first-order chi connectivity index (χ1) is 14.3. The summed E-state index contributed by atoms with van der Waals surface area (Å²) in [5.41, 5.74) is 0.0253. The highest BCUT2D eigenvalue weighted by atomic mass is 19.4. The minimum absolute atomic E-state index is 0.145. The number of alkyl halides is 3. The lowest BCUT2D eigenvalue weighted by Gasteiger charge is -2.30. The number of nitrogens with zero attached hydrogens (tertiary/aromatic N) is 4. The monoisotopic (exact) mass is 419 g/mol. The Hall–Kier alpha value is -3.14. The molecule has 0 bridgehead atoms. The van der Waals surface area contributed by atoms with Crippen LogP contribution in [0.1, 0.15) is 17.0 Å². The summed E-state index contributed by atoms with van der Waals surface area (Å²) in [6.45, 7) is 4.04. The molecule has 0 atom stereocenters. The van der Waals surface area contributed by atoms with Crippen molar-refractivity contribution in [3.05, 3.63) is 63.8 Å². The smallest absolute Gasteiger partial charge is 0.378 e. The molecule has 1 aromatic carbocycles. The van der Waals surface area contributed by atoms with Crippen LogP contribution in [0.4, 0.5) is 19.0 Å². The standard InChI is InChI=1S/C20H20F3N5O2/c1-13-25-17-10-18(29)28(27-5-7-30-8-6-27)12-16(17)19(26-13)24-11-14-3-2-4-15(9-14)20(21,22)23/h2-4,9-10,12H,5-8,11H2,1H3,(H,24,25,26). The van der Waals surface area contributed by atoms with Crippen molar-refractivity contribution in [3.63, 3.8) is 0 Å². The van der Waals surface area contributed by atoms with E-state index >= 15 is 0 Å². The second kappa shape index (κ2) is 7.94. The predicted octanol–water partition coefficient (Wildman–Crippen LogP) is 2.70. The molecule has 0 aliphatic carbocycles. The van der Waals surface area contributed by atoms with E-state index in [1.54, 1.807) is 19.2 Å². The van der Waals surface area contributed by atoms with Gasteiger partial charge in [-0.1, -0.05) is 12.1 Å². The lowest BCUT2D eigenvalue weighted by molar-refractivity contribution is -0.137. The van der Waals surface area contributed by atoms with Crippen molar-refractivity contribution in [3.8, 4) is 0 Å². The van der Waals surface area contributed by atoms with E-state index in [0.29, 0.717) is 54.4 Å². The normalized spacial score (nSPS) is 14.9. The number of aromatic nitrogens is 3. The van der Waals surface area contributed by atoms with Gasteiger partial charge in [-0.2, -0.15) is 13.2 Å². The lowest BCUT2D eigenvalue weighted by atomic mass is 10.1. The highest BCUT2D eigenvalue weighted by Crippen LogP contribution is 2.29. The predicted molar refractivity (Wildman–Crippen MR) is 106 cm³/mol. The molecule has 1 aliphatic heterocycles. The Labute approximate surface area is 170 Å². The summed E-state index contributed by atoms with van der Waals surface area (Å²) in [4.78, 5) is 21.3. The van der Waals surface area contributed by atoms with E-state index in [2.05, 4.69) is 15.3 Å². The van der Waals surface area contributed by atoms with Gasteiger partial charge >= 0.3 is 6.18 Å². The summed E-state index contributed by atoms with van der Waals surface area (Å²) in [6.07, 6.45) is -2.74. The molecule has 3 aromatic rings. The molecule has 0 unspecified atom stereocenters. The van der Waals surface area contributed by atoms with Gasteiger partial charge in [0.25, 0.3) is 5.56 Å². The average molecular weight is 419 g/mol. The fourth-order valence-corrected chi connectivity index (χ4v) is 3.38. The van der Waals surface area contributed by atoms with Gasteiger partial charge < -0.3 is 15.1 Å². The van der Waals surface area contributed by atoms with Crippen LogP contribution in [0.3, 0.4) is 0 Å². The first-order valence-electron chi connectivity index (χ1n) is 9.45. The van der Waals surface area contributed by atoms with Crippen LogP contribution in [-0.4, -0.2) is 40.9 Å². The summed E-state index contributed by atoms with van der Waals surface area (Å²) in [7, 11) is 0. The zero-order chi connectivity index (χ0) is 21.3. The molecule has 158 valence electrons. The summed E-state index contributed by atoms with van der Waals surface area (Å²) in [5, 5.41) is 5.58. The molecule has 7 nitrogen and oxygen atoms in total. The number of anilines is 1.